The number of aromatic nitrogens is 3. The summed E-state index contributed by atoms with van der Waals surface area (Å²) in [4.78, 5) is 36.4. The number of amides is 1. The standard InChI is InChI=1S/C36H41N7O4/c1-36(2,41-20-8-10-28(41)24-46-3)21-25(22-37)34(44)40-19-7-9-27(23-40)42-31-17-18-39-33(38)32(31)43(35(42)45)26-13-15-30(16-14-26)47-29-11-5-4-6-12-29/h4-6,11-18,21,27-28H,7-10,19-20,23-24H2,1-3H3,(H2,38,39). The molecule has 2 aliphatic rings. The monoisotopic (exact) mass is 635 g/mol. The van der Waals surface area contributed by atoms with Crippen molar-refractivity contribution < 1.29 is 14.3 Å². The fraction of sp³-hybridized carbons (Fsp3) is 0.389. The highest BCUT2D eigenvalue weighted by Crippen LogP contribution is 2.32. The molecule has 2 aromatic heterocycles. The van der Waals surface area contributed by atoms with Crippen molar-refractivity contribution in [3.63, 3.8) is 0 Å². The predicted octanol–water partition coefficient (Wildman–Crippen LogP) is 5.06. The van der Waals surface area contributed by atoms with Gasteiger partial charge in [-0.15, -0.1) is 0 Å². The molecule has 4 heterocycles. The fourth-order valence-electron chi connectivity index (χ4n) is 7.13. The smallest absolute Gasteiger partial charge is 0.334 e. The molecule has 0 radical (unpaired) electrons. The molecule has 11 nitrogen and oxygen atoms in total. The highest BCUT2D eigenvalue weighted by atomic mass is 16.5. The molecular formula is C36H41N7O4. The maximum absolute atomic E-state index is 14.2. The minimum atomic E-state index is -0.508. The van der Waals surface area contributed by atoms with Crippen LogP contribution < -0.4 is 16.2 Å². The number of imidazole rings is 1. The molecule has 0 spiro atoms. The van der Waals surface area contributed by atoms with E-state index < -0.39 is 5.54 Å². The van der Waals surface area contributed by atoms with E-state index in [2.05, 4.69) is 16.0 Å². The highest BCUT2D eigenvalue weighted by molar-refractivity contribution is 5.97. The van der Waals surface area contributed by atoms with Gasteiger partial charge in [0.05, 0.1) is 23.9 Å². The summed E-state index contributed by atoms with van der Waals surface area (Å²) in [5.41, 5.74) is 7.48. The zero-order valence-electron chi connectivity index (χ0n) is 27.1. The van der Waals surface area contributed by atoms with Gasteiger partial charge in [0.25, 0.3) is 5.91 Å². The number of nitriles is 1. The van der Waals surface area contributed by atoms with E-state index in [1.807, 2.05) is 68.4 Å². The zero-order chi connectivity index (χ0) is 33.1. The van der Waals surface area contributed by atoms with E-state index >= 15 is 0 Å². The summed E-state index contributed by atoms with van der Waals surface area (Å²) in [6.07, 6.45) is 6.83. The molecule has 0 aliphatic carbocycles. The van der Waals surface area contributed by atoms with Gasteiger partial charge < -0.3 is 20.1 Å². The van der Waals surface area contributed by atoms with Crippen molar-refractivity contribution in [2.75, 3.05) is 39.1 Å². The number of methoxy groups -OCH3 is 1. The Morgan fingerprint density at radius 1 is 1.06 bits per heavy atom. The van der Waals surface area contributed by atoms with Crippen LogP contribution in [-0.4, -0.2) is 74.8 Å². The molecule has 0 bridgehead atoms. The van der Waals surface area contributed by atoms with E-state index in [1.165, 1.54) is 0 Å². The highest BCUT2D eigenvalue weighted by Gasteiger charge is 2.37. The molecule has 0 saturated carbocycles. The minimum Gasteiger partial charge on any atom is -0.457 e. The number of nitrogens with two attached hydrogens (primary N) is 1. The molecule has 1 amide bonds. The van der Waals surface area contributed by atoms with Crippen LogP contribution in [0, 0.1) is 11.3 Å². The summed E-state index contributed by atoms with van der Waals surface area (Å²) >= 11 is 0. The second-order valence-corrected chi connectivity index (χ2v) is 12.8. The van der Waals surface area contributed by atoms with Gasteiger partial charge in [-0.2, -0.15) is 5.26 Å². The van der Waals surface area contributed by atoms with E-state index in [0.717, 1.165) is 19.4 Å². The first-order valence-electron chi connectivity index (χ1n) is 16.1. The van der Waals surface area contributed by atoms with Crippen molar-refractivity contribution in [3.05, 3.63) is 89.0 Å². The number of piperidine rings is 1. The Balaban J connectivity index is 1.29. The number of carbonyl (C=O) groups is 1. The number of nitrogen functional groups attached to an aromatic ring is 1. The lowest BCUT2D eigenvalue weighted by Crippen LogP contribution is -2.48. The van der Waals surface area contributed by atoms with Gasteiger partial charge in [0.15, 0.2) is 0 Å². The molecule has 2 saturated heterocycles. The Kier molecular flexibility index (Phi) is 9.16. The van der Waals surface area contributed by atoms with Crippen LogP contribution in [0.4, 0.5) is 5.82 Å². The number of para-hydroxylation sites is 1. The van der Waals surface area contributed by atoms with Crippen LogP contribution in [-0.2, 0) is 9.53 Å². The largest absolute Gasteiger partial charge is 0.457 e. The normalized spacial score (nSPS) is 19.2. The molecule has 11 heteroatoms. The number of ether oxygens (including phenoxy) is 2. The van der Waals surface area contributed by atoms with Crippen molar-refractivity contribution in [2.24, 2.45) is 0 Å². The summed E-state index contributed by atoms with van der Waals surface area (Å²) in [6.45, 7) is 6.36. The molecular weight excluding hydrogens is 594 g/mol. The van der Waals surface area contributed by atoms with Crippen molar-refractivity contribution in [1.29, 1.82) is 5.26 Å². The van der Waals surface area contributed by atoms with Crippen LogP contribution in [0.2, 0.25) is 0 Å². The Morgan fingerprint density at radius 3 is 2.51 bits per heavy atom. The van der Waals surface area contributed by atoms with Gasteiger partial charge in [-0.3, -0.25) is 18.8 Å². The van der Waals surface area contributed by atoms with Crippen molar-refractivity contribution in [3.8, 4) is 23.3 Å². The average Bonchev–Trinajstić information content (AvgIpc) is 3.67. The van der Waals surface area contributed by atoms with E-state index in [1.54, 1.807) is 39.5 Å². The van der Waals surface area contributed by atoms with Crippen LogP contribution in [0.15, 0.2) is 83.3 Å². The molecule has 47 heavy (non-hydrogen) atoms. The molecule has 2 unspecified atom stereocenters. The molecule has 2 fully saturated rings. The summed E-state index contributed by atoms with van der Waals surface area (Å²) in [5, 5.41) is 10.1. The van der Waals surface area contributed by atoms with Crippen LogP contribution in [0.5, 0.6) is 11.5 Å². The van der Waals surface area contributed by atoms with Gasteiger partial charge in [-0.05, 0) is 94.6 Å². The number of anilines is 1. The lowest BCUT2D eigenvalue weighted by molar-refractivity contribution is -0.128. The third-order valence-corrected chi connectivity index (χ3v) is 9.26. The third kappa shape index (κ3) is 6.39. The van der Waals surface area contributed by atoms with Crippen LogP contribution in [0.25, 0.3) is 16.7 Å². The number of carbonyl (C=O) groups excluding carboxylic acids is 1. The topological polar surface area (TPSA) is 132 Å². The summed E-state index contributed by atoms with van der Waals surface area (Å²) < 4.78 is 14.7. The van der Waals surface area contributed by atoms with Gasteiger partial charge in [0.1, 0.15) is 34.5 Å². The maximum atomic E-state index is 14.2. The number of pyridine rings is 1. The van der Waals surface area contributed by atoms with Crippen LogP contribution >= 0.6 is 0 Å². The second kappa shape index (κ2) is 13.4. The number of likely N-dealkylation sites (tertiary alicyclic amines) is 2. The second-order valence-electron chi connectivity index (χ2n) is 12.8. The van der Waals surface area contributed by atoms with Crippen LogP contribution in [0.1, 0.15) is 45.6 Å². The number of nitrogens with zero attached hydrogens (tertiary/aromatic N) is 6. The quantitative estimate of drug-likeness (QED) is 0.199. The first-order chi connectivity index (χ1) is 22.7. The summed E-state index contributed by atoms with van der Waals surface area (Å²) in [6, 6.07) is 20.6. The number of benzene rings is 2. The fourth-order valence-corrected chi connectivity index (χ4v) is 7.13. The van der Waals surface area contributed by atoms with Crippen LogP contribution in [0.3, 0.4) is 0 Å². The third-order valence-electron chi connectivity index (χ3n) is 9.26. The molecule has 244 valence electrons. The number of fused-ring (bicyclic) bond motifs is 1. The number of rotatable bonds is 9. The molecule has 2 atom stereocenters. The van der Waals surface area contributed by atoms with Crippen molar-refractivity contribution in [2.45, 2.75) is 57.2 Å². The first kappa shape index (κ1) is 32.0. The summed E-state index contributed by atoms with van der Waals surface area (Å²) in [7, 11) is 1.70. The van der Waals surface area contributed by atoms with E-state index in [9.17, 15) is 14.9 Å². The van der Waals surface area contributed by atoms with Gasteiger partial charge >= 0.3 is 5.69 Å². The van der Waals surface area contributed by atoms with Gasteiger partial charge in [-0.25, -0.2) is 9.78 Å². The Bertz CT molecular complexity index is 1870. The number of hydrogen-bond donors (Lipinski definition) is 1. The average molecular weight is 636 g/mol. The molecule has 2 aromatic carbocycles. The maximum Gasteiger partial charge on any atom is 0.334 e. The lowest BCUT2D eigenvalue weighted by Gasteiger charge is -2.38. The summed E-state index contributed by atoms with van der Waals surface area (Å²) in [5.74, 6) is 1.26. The molecule has 4 aromatic rings. The molecule has 2 aliphatic heterocycles. The Morgan fingerprint density at radius 2 is 1.79 bits per heavy atom. The Hall–Kier alpha value is -4.92. The van der Waals surface area contributed by atoms with E-state index in [-0.39, 0.29) is 35.1 Å². The molecule has 6 rings (SSSR count). The Labute approximate surface area is 274 Å². The minimum absolute atomic E-state index is 0.111. The predicted molar refractivity (Wildman–Crippen MR) is 180 cm³/mol. The van der Waals surface area contributed by atoms with Gasteiger partial charge in [-0.1, -0.05) is 18.2 Å². The lowest BCUT2D eigenvalue weighted by atomic mass is 9.96. The zero-order valence-corrected chi connectivity index (χ0v) is 27.1. The van der Waals surface area contributed by atoms with Gasteiger partial charge in [0.2, 0.25) is 0 Å². The first-order valence-corrected chi connectivity index (χ1v) is 16.1. The SMILES string of the molecule is COCC1CCCN1C(C)(C)C=C(C#N)C(=O)N1CCCC(n2c(=O)n(-c3ccc(Oc4ccccc4)cc3)c3c(N)nccc32)C1. The van der Waals surface area contributed by atoms with E-state index in [0.29, 0.717) is 60.8 Å². The van der Waals surface area contributed by atoms with Gasteiger partial charge in [0, 0.05) is 38.0 Å². The van der Waals surface area contributed by atoms with Crippen molar-refractivity contribution in [1.82, 2.24) is 23.9 Å². The number of hydrogen-bond acceptors (Lipinski definition) is 8. The molecule has 2 N–H and O–H groups in total. The van der Waals surface area contributed by atoms with Crippen molar-refractivity contribution >= 4 is 22.8 Å². The van der Waals surface area contributed by atoms with E-state index in [4.69, 9.17) is 15.2 Å².